The summed E-state index contributed by atoms with van der Waals surface area (Å²) in [5.41, 5.74) is 5.99. The minimum atomic E-state index is 0.205. The predicted molar refractivity (Wildman–Crippen MR) is 81.3 cm³/mol. The molecule has 0 spiro atoms. The first-order valence-corrected chi connectivity index (χ1v) is 7.11. The molecule has 4 heteroatoms. The fourth-order valence-corrected chi connectivity index (χ4v) is 2.72. The molecule has 0 amide bonds. The average Bonchev–Trinajstić information content (AvgIpc) is 3.11. The number of aromatic nitrogens is 3. The highest BCUT2D eigenvalue weighted by Gasteiger charge is 2.20. The molecule has 4 nitrogen and oxygen atoms in total. The highest BCUT2D eigenvalue weighted by atomic mass is 16.5. The van der Waals surface area contributed by atoms with Crippen LogP contribution in [0.5, 0.6) is 0 Å². The van der Waals surface area contributed by atoms with Crippen LogP contribution in [-0.4, -0.2) is 15.1 Å². The maximum Gasteiger partial charge on any atom is 0.133 e. The Morgan fingerprint density at radius 1 is 1.24 bits per heavy atom. The molecule has 1 aromatic carbocycles. The van der Waals surface area contributed by atoms with Crippen molar-refractivity contribution in [1.82, 2.24) is 15.1 Å². The summed E-state index contributed by atoms with van der Waals surface area (Å²) in [7, 11) is 0. The maximum absolute atomic E-state index is 5.20. The van der Waals surface area contributed by atoms with E-state index in [9.17, 15) is 0 Å². The molecule has 1 atom stereocenters. The number of H-pyrrole nitrogens is 1. The van der Waals surface area contributed by atoms with E-state index in [1.54, 1.807) is 6.33 Å². The Morgan fingerprint density at radius 3 is 2.76 bits per heavy atom. The largest absolute Gasteiger partial charge is 0.361 e. The van der Waals surface area contributed by atoms with E-state index in [4.69, 9.17) is 4.52 Å². The molecule has 3 aromatic rings. The first kappa shape index (κ1) is 13.6. The third-order valence-electron chi connectivity index (χ3n) is 4.01. The van der Waals surface area contributed by atoms with E-state index in [-0.39, 0.29) is 5.92 Å². The van der Waals surface area contributed by atoms with Gasteiger partial charge in [-0.3, -0.25) is 0 Å². The quantitative estimate of drug-likeness (QED) is 0.793. The standard InChI is InChI=1S/C17H19N3O/c1-11-5-4-6-15(13(11)3)16(17-9-18-10-19-17)8-14-7-12(2)21-20-14/h4-7,9-10,16H,8H2,1-3H3,(H,18,19). The maximum atomic E-state index is 5.20. The van der Waals surface area contributed by atoms with E-state index in [1.807, 2.05) is 19.2 Å². The molecular formula is C17H19N3O. The van der Waals surface area contributed by atoms with Crippen LogP contribution in [0.1, 0.15) is 39.8 Å². The molecule has 0 saturated heterocycles. The van der Waals surface area contributed by atoms with Gasteiger partial charge in [0.05, 0.1) is 12.0 Å². The van der Waals surface area contributed by atoms with Crippen LogP contribution >= 0.6 is 0 Å². The number of hydrogen-bond donors (Lipinski definition) is 1. The molecular weight excluding hydrogens is 262 g/mol. The lowest BCUT2D eigenvalue weighted by Gasteiger charge is -2.18. The predicted octanol–water partition coefficient (Wildman–Crippen LogP) is 3.70. The van der Waals surface area contributed by atoms with E-state index in [0.29, 0.717) is 0 Å². The van der Waals surface area contributed by atoms with Crippen LogP contribution < -0.4 is 0 Å². The number of imidazole rings is 1. The summed E-state index contributed by atoms with van der Waals surface area (Å²) in [6.07, 6.45) is 4.41. The average molecular weight is 281 g/mol. The molecule has 0 bridgehead atoms. The SMILES string of the molecule is Cc1cc(CC(c2cnc[nH]2)c2cccc(C)c2C)no1. The number of hydrogen-bond acceptors (Lipinski definition) is 3. The van der Waals surface area contributed by atoms with Gasteiger partial charge in [-0.1, -0.05) is 23.4 Å². The van der Waals surface area contributed by atoms with Crippen molar-refractivity contribution in [3.63, 3.8) is 0 Å². The lowest BCUT2D eigenvalue weighted by molar-refractivity contribution is 0.389. The molecule has 1 N–H and O–H groups in total. The minimum absolute atomic E-state index is 0.205. The Morgan fingerprint density at radius 2 is 2.10 bits per heavy atom. The third-order valence-corrected chi connectivity index (χ3v) is 4.01. The minimum Gasteiger partial charge on any atom is -0.361 e. The first-order valence-electron chi connectivity index (χ1n) is 7.11. The van der Waals surface area contributed by atoms with Crippen LogP contribution in [-0.2, 0) is 6.42 Å². The van der Waals surface area contributed by atoms with Gasteiger partial charge in [-0.15, -0.1) is 0 Å². The van der Waals surface area contributed by atoms with Crippen molar-refractivity contribution in [2.45, 2.75) is 33.1 Å². The summed E-state index contributed by atoms with van der Waals surface area (Å²) in [5.74, 6) is 1.05. The van der Waals surface area contributed by atoms with E-state index in [1.165, 1.54) is 16.7 Å². The molecule has 0 radical (unpaired) electrons. The number of aromatic amines is 1. The Balaban J connectivity index is 2.02. The zero-order valence-corrected chi connectivity index (χ0v) is 12.6. The molecule has 0 aliphatic heterocycles. The number of nitrogens with zero attached hydrogens (tertiary/aromatic N) is 2. The van der Waals surface area contributed by atoms with Crippen molar-refractivity contribution < 1.29 is 4.52 Å². The van der Waals surface area contributed by atoms with Crippen molar-refractivity contribution in [2.24, 2.45) is 0 Å². The third kappa shape index (κ3) is 2.75. The Bertz CT molecular complexity index is 728. The monoisotopic (exact) mass is 281 g/mol. The Labute approximate surface area is 124 Å². The van der Waals surface area contributed by atoms with Gasteiger partial charge >= 0.3 is 0 Å². The van der Waals surface area contributed by atoms with Gasteiger partial charge in [0.2, 0.25) is 0 Å². The molecule has 3 rings (SSSR count). The molecule has 0 aliphatic carbocycles. The van der Waals surface area contributed by atoms with Crippen molar-refractivity contribution in [3.8, 4) is 0 Å². The molecule has 0 saturated carbocycles. The van der Waals surface area contributed by atoms with E-state index in [0.717, 1.165) is 23.6 Å². The molecule has 2 heterocycles. The summed E-state index contributed by atoms with van der Waals surface area (Å²) in [4.78, 5) is 7.41. The number of benzene rings is 1. The van der Waals surface area contributed by atoms with Crippen molar-refractivity contribution in [1.29, 1.82) is 0 Å². The summed E-state index contributed by atoms with van der Waals surface area (Å²) < 4.78 is 5.20. The number of rotatable bonds is 4. The van der Waals surface area contributed by atoms with Gasteiger partial charge in [-0.2, -0.15) is 0 Å². The van der Waals surface area contributed by atoms with E-state index >= 15 is 0 Å². The number of aryl methyl sites for hydroxylation is 2. The van der Waals surface area contributed by atoms with Crippen molar-refractivity contribution >= 4 is 0 Å². The summed E-state index contributed by atoms with van der Waals surface area (Å²) in [6.45, 7) is 6.23. The fourth-order valence-electron chi connectivity index (χ4n) is 2.72. The molecule has 2 aromatic heterocycles. The lowest BCUT2D eigenvalue weighted by Crippen LogP contribution is -2.08. The zero-order valence-electron chi connectivity index (χ0n) is 12.6. The highest BCUT2D eigenvalue weighted by Crippen LogP contribution is 2.30. The molecule has 0 aliphatic rings. The van der Waals surface area contributed by atoms with Crippen molar-refractivity contribution in [2.75, 3.05) is 0 Å². The van der Waals surface area contributed by atoms with Crippen LogP contribution in [0, 0.1) is 20.8 Å². The topological polar surface area (TPSA) is 54.7 Å². The van der Waals surface area contributed by atoms with Crippen LogP contribution in [0.25, 0.3) is 0 Å². The van der Waals surface area contributed by atoms with Crippen LogP contribution in [0.15, 0.2) is 41.3 Å². The molecule has 1 unspecified atom stereocenters. The van der Waals surface area contributed by atoms with Gasteiger partial charge < -0.3 is 9.51 Å². The molecule has 108 valence electrons. The van der Waals surface area contributed by atoms with Gasteiger partial charge in [-0.05, 0) is 37.5 Å². The second-order valence-corrected chi connectivity index (χ2v) is 5.48. The lowest BCUT2D eigenvalue weighted by atomic mass is 9.87. The summed E-state index contributed by atoms with van der Waals surface area (Å²) >= 11 is 0. The summed E-state index contributed by atoms with van der Waals surface area (Å²) in [5, 5.41) is 4.13. The van der Waals surface area contributed by atoms with Gasteiger partial charge in [0, 0.05) is 30.3 Å². The smallest absolute Gasteiger partial charge is 0.133 e. The normalized spacial score (nSPS) is 12.5. The van der Waals surface area contributed by atoms with E-state index in [2.05, 4.69) is 47.2 Å². The highest BCUT2D eigenvalue weighted by molar-refractivity contribution is 5.40. The second kappa shape index (κ2) is 5.56. The van der Waals surface area contributed by atoms with Gasteiger partial charge in [0.15, 0.2) is 0 Å². The van der Waals surface area contributed by atoms with Gasteiger partial charge in [0.1, 0.15) is 5.76 Å². The van der Waals surface area contributed by atoms with Crippen LogP contribution in [0.3, 0.4) is 0 Å². The van der Waals surface area contributed by atoms with Gasteiger partial charge in [-0.25, -0.2) is 4.98 Å². The first-order chi connectivity index (χ1) is 10.1. The van der Waals surface area contributed by atoms with Gasteiger partial charge in [0.25, 0.3) is 0 Å². The fraction of sp³-hybridized carbons (Fsp3) is 0.294. The molecule has 21 heavy (non-hydrogen) atoms. The van der Waals surface area contributed by atoms with E-state index < -0.39 is 0 Å². The van der Waals surface area contributed by atoms with Crippen molar-refractivity contribution in [3.05, 3.63) is 70.6 Å². The molecule has 0 fully saturated rings. The Kier molecular flexibility index (Phi) is 3.60. The zero-order chi connectivity index (χ0) is 14.8. The number of nitrogens with one attached hydrogen (secondary N) is 1. The summed E-state index contributed by atoms with van der Waals surface area (Å²) in [6, 6.07) is 8.42. The second-order valence-electron chi connectivity index (χ2n) is 5.48. The van der Waals surface area contributed by atoms with Crippen LogP contribution in [0.2, 0.25) is 0 Å². The Hall–Kier alpha value is -2.36. The van der Waals surface area contributed by atoms with Crippen LogP contribution in [0.4, 0.5) is 0 Å².